The van der Waals surface area contributed by atoms with Crippen molar-refractivity contribution in [2.45, 2.75) is 50.9 Å². The van der Waals surface area contributed by atoms with Crippen LogP contribution in [0, 0.1) is 0 Å². The molecule has 4 aromatic carbocycles. The van der Waals surface area contributed by atoms with Gasteiger partial charge in [-0.25, -0.2) is 8.42 Å². The second kappa shape index (κ2) is 20.9. The summed E-state index contributed by atoms with van der Waals surface area (Å²) in [6, 6.07) is 28.0. The smallest absolute Gasteiger partial charge is 0.306 e. The molecule has 0 heterocycles. The van der Waals surface area contributed by atoms with Gasteiger partial charge in [0.2, 0.25) is 15.9 Å². The van der Waals surface area contributed by atoms with Crippen LogP contribution in [0.2, 0.25) is 0 Å². The van der Waals surface area contributed by atoms with Gasteiger partial charge in [-0.3, -0.25) is 23.5 Å². The van der Waals surface area contributed by atoms with Crippen LogP contribution in [0.5, 0.6) is 5.75 Å². The number of sulfonamides is 1. The number of ether oxygens (including phenoxy) is 2. The first-order chi connectivity index (χ1) is 27.2. The van der Waals surface area contributed by atoms with Crippen LogP contribution in [0.25, 0.3) is 0 Å². The van der Waals surface area contributed by atoms with E-state index in [2.05, 4.69) is 10.6 Å². The highest BCUT2D eigenvalue weighted by Crippen LogP contribution is 2.23. The predicted octanol–water partition coefficient (Wildman–Crippen LogP) is 3.63. The Balaban J connectivity index is 1.66. The minimum Gasteiger partial charge on any atom is -0.497 e. The largest absolute Gasteiger partial charge is 0.497 e. The zero-order valence-corrected chi connectivity index (χ0v) is 33.3. The molecule has 0 radical (unpaired) electrons. The summed E-state index contributed by atoms with van der Waals surface area (Å²) in [5.41, 5.74) is 2.34. The lowest BCUT2D eigenvalue weighted by Gasteiger charge is -2.31. The Hall–Kier alpha value is -5.77. The number of hydrogen-bond donors (Lipinski definition) is 4. The number of aliphatic hydroxyl groups is 2. The van der Waals surface area contributed by atoms with E-state index in [1.165, 1.54) is 37.3 Å². The first-order valence-corrected chi connectivity index (χ1v) is 20.2. The van der Waals surface area contributed by atoms with Crippen molar-refractivity contribution >= 4 is 39.4 Å². The second-order valence-corrected chi connectivity index (χ2v) is 15.5. The van der Waals surface area contributed by atoms with Crippen LogP contribution >= 0.6 is 0 Å². The molecule has 0 aliphatic carbocycles. The van der Waals surface area contributed by atoms with Crippen LogP contribution < -0.4 is 19.7 Å². The maximum absolute atomic E-state index is 14.2. The molecule has 3 amide bonds. The molecule has 3 atom stereocenters. The van der Waals surface area contributed by atoms with Crippen molar-refractivity contribution < 1.29 is 47.3 Å². The van der Waals surface area contributed by atoms with Gasteiger partial charge in [0.1, 0.15) is 12.4 Å². The summed E-state index contributed by atoms with van der Waals surface area (Å²) in [6.07, 6.45) is -0.731. The van der Waals surface area contributed by atoms with Crippen molar-refractivity contribution in [1.29, 1.82) is 0 Å². The number of anilines is 1. The van der Waals surface area contributed by atoms with E-state index in [-0.39, 0.29) is 62.4 Å². The predicted molar refractivity (Wildman–Crippen MR) is 215 cm³/mol. The van der Waals surface area contributed by atoms with E-state index in [1.807, 2.05) is 48.5 Å². The average Bonchev–Trinajstić information content (AvgIpc) is 3.21. The normalized spacial score (nSPS) is 12.7. The van der Waals surface area contributed by atoms with Gasteiger partial charge >= 0.3 is 5.97 Å². The molecule has 14 nitrogen and oxygen atoms in total. The minimum absolute atomic E-state index is 0.0312. The third-order valence-electron chi connectivity index (χ3n) is 9.19. The molecule has 3 unspecified atom stereocenters. The van der Waals surface area contributed by atoms with E-state index < -0.39 is 51.9 Å². The number of amides is 3. The van der Waals surface area contributed by atoms with E-state index in [4.69, 9.17) is 14.6 Å². The van der Waals surface area contributed by atoms with Gasteiger partial charge in [0.15, 0.2) is 0 Å². The van der Waals surface area contributed by atoms with Crippen molar-refractivity contribution in [3.63, 3.8) is 0 Å². The number of aliphatic hydroxyl groups excluding tert-OH is 2. The SMILES string of the molecule is COc1cccc(CN(CC(O)C(Cc2ccccc2)NC(=O)c2cc(C(=O)NC(C)c3ccccc3)cc(N(C)S(C)(=O)=O)c2)C(=O)CCC(=O)OCCO)c1. The van der Waals surface area contributed by atoms with Gasteiger partial charge in [-0.1, -0.05) is 72.8 Å². The fourth-order valence-electron chi connectivity index (χ4n) is 5.95. The summed E-state index contributed by atoms with van der Waals surface area (Å²) in [7, 11) is -0.988. The van der Waals surface area contributed by atoms with Crippen LogP contribution in [0.1, 0.15) is 63.2 Å². The molecule has 0 aliphatic rings. The Morgan fingerprint density at radius 2 is 1.42 bits per heavy atom. The molecule has 15 heteroatoms. The highest BCUT2D eigenvalue weighted by atomic mass is 32.2. The van der Waals surface area contributed by atoms with Crippen LogP contribution in [-0.4, -0.2) is 99.5 Å². The molecule has 0 aromatic heterocycles. The molecule has 304 valence electrons. The van der Waals surface area contributed by atoms with Gasteiger partial charge < -0.3 is 35.2 Å². The first-order valence-electron chi connectivity index (χ1n) is 18.3. The number of nitrogens with one attached hydrogen (secondary N) is 2. The Kier molecular flexibility index (Phi) is 16.2. The standard InChI is InChI=1S/C42H50N4O10S/c1-29(32-15-9-6-10-16-32)43-41(51)33-24-34(26-35(25-33)45(2)57(4,53)54)42(52)44-37(23-30-12-7-5-8-13-30)38(48)28-46(27-31-14-11-17-36(22-31)55-3)39(49)18-19-40(50)56-21-20-47/h5-17,22,24-26,29,37-38,47-48H,18-21,23,27-28H2,1-4H3,(H,43,51)(H,44,52). The van der Waals surface area contributed by atoms with Crippen LogP contribution in [0.3, 0.4) is 0 Å². The molecule has 4 rings (SSSR count). The number of nitrogens with zero attached hydrogens (tertiary/aromatic N) is 2. The molecule has 0 spiro atoms. The average molecular weight is 803 g/mol. The first kappa shape index (κ1) is 44.0. The Morgan fingerprint density at radius 3 is 2.04 bits per heavy atom. The van der Waals surface area contributed by atoms with E-state index in [1.54, 1.807) is 43.3 Å². The van der Waals surface area contributed by atoms with Gasteiger partial charge in [-0.05, 0) is 60.4 Å². The molecule has 4 N–H and O–H groups in total. The molecular formula is C42H50N4O10S. The van der Waals surface area contributed by atoms with Crippen molar-refractivity contribution in [1.82, 2.24) is 15.5 Å². The number of hydrogen-bond acceptors (Lipinski definition) is 10. The third-order valence-corrected chi connectivity index (χ3v) is 10.4. The number of carbonyl (C=O) groups is 4. The fraction of sp³-hybridized carbons (Fsp3) is 0.333. The Labute approximate surface area is 333 Å². The zero-order chi connectivity index (χ0) is 41.5. The Bertz CT molecular complexity index is 2080. The number of esters is 1. The molecule has 0 fully saturated rings. The third kappa shape index (κ3) is 13.4. The highest BCUT2D eigenvalue weighted by Gasteiger charge is 2.28. The maximum atomic E-state index is 14.2. The van der Waals surface area contributed by atoms with E-state index in [9.17, 15) is 32.7 Å². The molecular weight excluding hydrogens is 753 g/mol. The summed E-state index contributed by atoms with van der Waals surface area (Å²) in [4.78, 5) is 54.9. The van der Waals surface area contributed by atoms with E-state index >= 15 is 0 Å². The minimum atomic E-state index is -3.81. The van der Waals surface area contributed by atoms with Crippen molar-refractivity contribution in [2.24, 2.45) is 0 Å². The van der Waals surface area contributed by atoms with Gasteiger partial charge in [0.05, 0.1) is 50.3 Å². The molecule has 0 bridgehead atoms. The van der Waals surface area contributed by atoms with Crippen molar-refractivity contribution in [2.75, 3.05) is 44.5 Å². The number of rotatable bonds is 20. The molecule has 0 aliphatic heterocycles. The van der Waals surface area contributed by atoms with Gasteiger partial charge in [-0.2, -0.15) is 0 Å². The molecule has 57 heavy (non-hydrogen) atoms. The molecule has 4 aromatic rings. The fourth-order valence-corrected chi connectivity index (χ4v) is 6.44. The summed E-state index contributed by atoms with van der Waals surface area (Å²) >= 11 is 0. The number of methoxy groups -OCH3 is 1. The summed E-state index contributed by atoms with van der Waals surface area (Å²) in [5.74, 6) is -1.84. The summed E-state index contributed by atoms with van der Waals surface area (Å²) in [5, 5.41) is 26.6. The van der Waals surface area contributed by atoms with Gasteiger partial charge in [0, 0.05) is 37.7 Å². The lowest BCUT2D eigenvalue weighted by atomic mass is 9.99. The summed E-state index contributed by atoms with van der Waals surface area (Å²) in [6.45, 7) is 1.01. The van der Waals surface area contributed by atoms with Crippen molar-refractivity contribution in [3.8, 4) is 5.75 Å². The van der Waals surface area contributed by atoms with Crippen molar-refractivity contribution in [3.05, 3.63) is 131 Å². The van der Waals surface area contributed by atoms with E-state index in [0.29, 0.717) is 11.3 Å². The van der Waals surface area contributed by atoms with Gasteiger partial charge in [-0.15, -0.1) is 0 Å². The number of carbonyl (C=O) groups excluding carboxylic acids is 4. The summed E-state index contributed by atoms with van der Waals surface area (Å²) < 4.78 is 36.4. The van der Waals surface area contributed by atoms with Crippen LogP contribution in [0.4, 0.5) is 5.69 Å². The van der Waals surface area contributed by atoms with Crippen LogP contribution in [-0.2, 0) is 37.3 Å². The molecule has 0 saturated heterocycles. The topological polar surface area (TPSA) is 192 Å². The maximum Gasteiger partial charge on any atom is 0.306 e. The monoisotopic (exact) mass is 802 g/mol. The number of benzene rings is 4. The van der Waals surface area contributed by atoms with Crippen LogP contribution in [0.15, 0.2) is 103 Å². The lowest BCUT2D eigenvalue weighted by Crippen LogP contribution is -2.50. The molecule has 0 saturated carbocycles. The lowest BCUT2D eigenvalue weighted by molar-refractivity contribution is -0.147. The Morgan fingerprint density at radius 1 is 0.807 bits per heavy atom. The quantitative estimate of drug-likeness (QED) is 0.0961. The highest BCUT2D eigenvalue weighted by molar-refractivity contribution is 7.92. The van der Waals surface area contributed by atoms with Gasteiger partial charge in [0.25, 0.3) is 11.8 Å². The zero-order valence-electron chi connectivity index (χ0n) is 32.5. The second-order valence-electron chi connectivity index (χ2n) is 13.5. The van der Waals surface area contributed by atoms with E-state index in [0.717, 1.165) is 21.7 Å².